The van der Waals surface area contributed by atoms with Gasteiger partial charge in [0.25, 0.3) is 0 Å². The Morgan fingerprint density at radius 2 is 1.95 bits per heavy atom. The predicted octanol–water partition coefficient (Wildman–Crippen LogP) is 2.43. The van der Waals surface area contributed by atoms with Crippen LogP contribution in [0.1, 0.15) is 51.4 Å². The van der Waals surface area contributed by atoms with Crippen LogP contribution in [-0.4, -0.2) is 29.2 Å². The maximum atomic E-state index is 11.8. The van der Waals surface area contributed by atoms with Crippen molar-refractivity contribution in [2.24, 2.45) is 0 Å². The van der Waals surface area contributed by atoms with Crippen LogP contribution in [0.3, 0.4) is 0 Å². The van der Waals surface area contributed by atoms with Crippen LogP contribution in [0.2, 0.25) is 0 Å². The highest BCUT2D eigenvalue weighted by molar-refractivity contribution is 5.75. The van der Waals surface area contributed by atoms with Crippen molar-refractivity contribution in [3.8, 4) is 0 Å². The molecule has 0 aromatic carbocycles. The minimum atomic E-state index is -0.836. The van der Waals surface area contributed by atoms with E-state index in [0.29, 0.717) is 13.0 Å². The van der Waals surface area contributed by atoms with E-state index in [9.17, 15) is 9.59 Å². The Balaban J connectivity index is 2.34. The third-order valence-electron chi connectivity index (χ3n) is 3.58. The van der Waals surface area contributed by atoms with Crippen LogP contribution in [0.4, 0.5) is 4.79 Å². The lowest BCUT2D eigenvalue weighted by atomic mass is 9.79. The molecule has 5 nitrogen and oxygen atoms in total. The van der Waals surface area contributed by atoms with E-state index in [4.69, 9.17) is 5.11 Å². The number of nitrogens with one attached hydrogen (secondary N) is 2. The number of aliphatic carboxylic acids is 1. The van der Waals surface area contributed by atoms with E-state index in [1.165, 1.54) is 6.42 Å². The van der Waals surface area contributed by atoms with E-state index in [1.54, 1.807) is 0 Å². The molecule has 1 aliphatic carbocycles. The molecule has 0 bridgehead atoms. The van der Waals surface area contributed by atoms with Crippen LogP contribution < -0.4 is 10.6 Å². The number of hydrogen-bond acceptors (Lipinski definition) is 2. The molecule has 0 aromatic rings. The third kappa shape index (κ3) is 5.77. The molecule has 1 rings (SSSR count). The molecule has 0 heterocycles. The van der Waals surface area contributed by atoms with E-state index in [1.807, 2.05) is 6.08 Å². The zero-order valence-corrected chi connectivity index (χ0v) is 11.4. The maximum Gasteiger partial charge on any atom is 0.315 e. The lowest BCUT2D eigenvalue weighted by Gasteiger charge is -2.37. The Labute approximate surface area is 114 Å². The van der Waals surface area contributed by atoms with Crippen molar-refractivity contribution in [1.29, 1.82) is 0 Å². The molecular weight excluding hydrogens is 244 g/mol. The highest BCUT2D eigenvalue weighted by Crippen LogP contribution is 2.31. The van der Waals surface area contributed by atoms with Crippen LogP contribution in [-0.2, 0) is 4.79 Å². The third-order valence-corrected chi connectivity index (χ3v) is 3.58. The highest BCUT2D eigenvalue weighted by Gasteiger charge is 2.32. The van der Waals surface area contributed by atoms with Crippen LogP contribution in [0.5, 0.6) is 0 Å². The largest absolute Gasteiger partial charge is 0.481 e. The topological polar surface area (TPSA) is 78.4 Å². The quantitative estimate of drug-likeness (QED) is 0.490. The van der Waals surface area contributed by atoms with Crippen LogP contribution in [0.15, 0.2) is 12.7 Å². The minimum absolute atomic E-state index is 0.0814. The molecule has 0 aliphatic heterocycles. The van der Waals surface area contributed by atoms with Crippen molar-refractivity contribution < 1.29 is 14.7 Å². The van der Waals surface area contributed by atoms with Gasteiger partial charge in [-0.1, -0.05) is 25.3 Å². The van der Waals surface area contributed by atoms with Gasteiger partial charge in [0.05, 0.1) is 0 Å². The van der Waals surface area contributed by atoms with Gasteiger partial charge in [0.1, 0.15) is 0 Å². The van der Waals surface area contributed by atoms with Crippen molar-refractivity contribution in [3.05, 3.63) is 12.7 Å². The van der Waals surface area contributed by atoms with Gasteiger partial charge in [-0.15, -0.1) is 6.58 Å². The van der Waals surface area contributed by atoms with Gasteiger partial charge in [0.2, 0.25) is 0 Å². The zero-order chi connectivity index (χ0) is 14.1. The number of carboxylic acid groups (broad SMARTS) is 1. The van der Waals surface area contributed by atoms with E-state index in [-0.39, 0.29) is 18.0 Å². The molecule has 0 aromatic heterocycles. The first-order chi connectivity index (χ1) is 9.08. The highest BCUT2D eigenvalue weighted by atomic mass is 16.4. The fraction of sp³-hybridized carbons (Fsp3) is 0.714. The first kappa shape index (κ1) is 15.5. The van der Waals surface area contributed by atoms with Gasteiger partial charge < -0.3 is 15.7 Å². The summed E-state index contributed by atoms with van der Waals surface area (Å²) in [7, 11) is 0. The standard InChI is InChI=1S/C14H24N2O3/c1-2-8-14(9-4-3-5-10-14)16-13(19)15-11-6-7-12(17)18/h2H,1,3-11H2,(H,17,18)(H2,15,16,19). The molecule has 5 heteroatoms. The van der Waals surface area contributed by atoms with Gasteiger partial charge >= 0.3 is 12.0 Å². The molecule has 0 spiro atoms. The number of hydrogen-bond donors (Lipinski definition) is 3. The SMILES string of the molecule is C=CCC1(NC(=O)NCCCC(=O)O)CCCCC1. The number of rotatable bonds is 7. The minimum Gasteiger partial charge on any atom is -0.481 e. The second kappa shape index (κ2) is 7.81. The Hall–Kier alpha value is -1.52. The first-order valence-electron chi connectivity index (χ1n) is 6.97. The lowest BCUT2D eigenvalue weighted by molar-refractivity contribution is -0.137. The van der Waals surface area contributed by atoms with Crippen molar-refractivity contribution in [2.75, 3.05) is 6.54 Å². The van der Waals surface area contributed by atoms with Crippen molar-refractivity contribution in [2.45, 2.75) is 56.9 Å². The number of urea groups is 1. The average Bonchev–Trinajstić information content (AvgIpc) is 2.36. The first-order valence-corrected chi connectivity index (χ1v) is 6.97. The van der Waals surface area contributed by atoms with Gasteiger partial charge in [-0.2, -0.15) is 0 Å². The molecule has 1 saturated carbocycles. The summed E-state index contributed by atoms with van der Waals surface area (Å²) in [6.07, 6.45) is 8.64. The van der Waals surface area contributed by atoms with Gasteiger partial charge in [-0.3, -0.25) is 4.79 Å². The molecule has 2 amide bonds. The van der Waals surface area contributed by atoms with Crippen molar-refractivity contribution in [1.82, 2.24) is 10.6 Å². The molecule has 0 saturated heterocycles. The summed E-state index contributed by atoms with van der Waals surface area (Å²) in [4.78, 5) is 22.2. The van der Waals surface area contributed by atoms with Crippen LogP contribution in [0, 0.1) is 0 Å². The number of carbonyl (C=O) groups excluding carboxylic acids is 1. The maximum absolute atomic E-state index is 11.8. The Kier molecular flexibility index (Phi) is 6.39. The van der Waals surface area contributed by atoms with E-state index in [2.05, 4.69) is 17.2 Å². The predicted molar refractivity (Wildman–Crippen MR) is 74.0 cm³/mol. The number of carbonyl (C=O) groups is 2. The summed E-state index contributed by atoms with van der Waals surface area (Å²) in [5, 5.41) is 14.3. The average molecular weight is 268 g/mol. The fourth-order valence-electron chi connectivity index (χ4n) is 2.61. The van der Waals surface area contributed by atoms with Crippen LogP contribution in [0.25, 0.3) is 0 Å². The molecule has 1 fully saturated rings. The summed E-state index contributed by atoms with van der Waals surface area (Å²) in [5.74, 6) is -0.836. The molecule has 0 unspecified atom stereocenters. The van der Waals surface area contributed by atoms with Gasteiger partial charge in [-0.25, -0.2) is 4.79 Å². The zero-order valence-electron chi connectivity index (χ0n) is 11.4. The summed E-state index contributed by atoms with van der Waals surface area (Å²) in [5.41, 5.74) is -0.156. The normalized spacial score (nSPS) is 17.5. The van der Waals surface area contributed by atoms with Crippen LogP contribution >= 0.6 is 0 Å². The van der Waals surface area contributed by atoms with E-state index < -0.39 is 5.97 Å². The Morgan fingerprint density at radius 3 is 2.53 bits per heavy atom. The molecular formula is C14H24N2O3. The summed E-state index contributed by atoms with van der Waals surface area (Å²) < 4.78 is 0. The molecule has 0 radical (unpaired) electrons. The lowest BCUT2D eigenvalue weighted by Crippen LogP contribution is -2.53. The van der Waals surface area contributed by atoms with E-state index in [0.717, 1.165) is 32.1 Å². The molecule has 3 N–H and O–H groups in total. The number of carboxylic acids is 1. The van der Waals surface area contributed by atoms with Crippen molar-refractivity contribution >= 4 is 12.0 Å². The second-order valence-corrected chi connectivity index (χ2v) is 5.21. The van der Waals surface area contributed by atoms with Crippen molar-refractivity contribution in [3.63, 3.8) is 0 Å². The Bertz CT molecular complexity index is 323. The summed E-state index contributed by atoms with van der Waals surface area (Å²) in [6, 6.07) is -0.200. The smallest absolute Gasteiger partial charge is 0.315 e. The van der Waals surface area contributed by atoms with E-state index >= 15 is 0 Å². The number of amides is 2. The summed E-state index contributed by atoms with van der Waals surface area (Å²) in [6.45, 7) is 4.16. The van der Waals surface area contributed by atoms with Gasteiger partial charge in [0.15, 0.2) is 0 Å². The summed E-state index contributed by atoms with van der Waals surface area (Å²) >= 11 is 0. The Morgan fingerprint density at radius 1 is 1.26 bits per heavy atom. The van der Waals surface area contributed by atoms with Gasteiger partial charge in [0, 0.05) is 18.5 Å². The van der Waals surface area contributed by atoms with Gasteiger partial charge in [-0.05, 0) is 25.7 Å². The molecule has 19 heavy (non-hydrogen) atoms. The molecule has 0 atom stereocenters. The molecule has 1 aliphatic rings. The fourth-order valence-corrected chi connectivity index (χ4v) is 2.61. The molecule has 108 valence electrons. The second-order valence-electron chi connectivity index (χ2n) is 5.21. The monoisotopic (exact) mass is 268 g/mol.